The van der Waals surface area contributed by atoms with Crippen LogP contribution in [0.1, 0.15) is 30.7 Å². The maximum absolute atomic E-state index is 11.6. The molecular weight excluding hydrogens is 238 g/mol. The minimum atomic E-state index is 0.252. The molecule has 0 aliphatic heterocycles. The summed E-state index contributed by atoms with van der Waals surface area (Å²) < 4.78 is 5.59. The summed E-state index contributed by atoms with van der Waals surface area (Å²) in [4.78, 5) is 11.6. The Morgan fingerprint density at radius 2 is 2.21 bits per heavy atom. The summed E-state index contributed by atoms with van der Waals surface area (Å²) >= 11 is 0. The smallest absolute Gasteiger partial charge is 0.223 e. The molecule has 0 spiro atoms. The molecule has 2 aliphatic rings. The number of rotatable bonds is 4. The zero-order valence-corrected chi connectivity index (χ0v) is 10.8. The van der Waals surface area contributed by atoms with E-state index in [1.807, 2.05) is 6.07 Å². The molecule has 2 atom stereocenters. The molecule has 19 heavy (non-hydrogen) atoms. The van der Waals surface area contributed by atoms with Gasteiger partial charge in [-0.3, -0.25) is 4.79 Å². The first-order valence-electron chi connectivity index (χ1n) is 7.07. The number of hydrogen-bond acceptors (Lipinski definition) is 2. The normalized spacial score (nSPS) is 25.5. The van der Waals surface area contributed by atoms with E-state index in [0.717, 1.165) is 31.4 Å². The van der Waals surface area contributed by atoms with Gasteiger partial charge in [0.05, 0.1) is 6.26 Å². The van der Waals surface area contributed by atoms with Gasteiger partial charge in [-0.05, 0) is 42.7 Å². The van der Waals surface area contributed by atoms with Crippen LogP contribution < -0.4 is 5.32 Å². The number of carbonyl (C=O) groups excluding carboxylic acids is 1. The Bertz CT molecular complexity index is 626. The van der Waals surface area contributed by atoms with Crippen molar-refractivity contribution in [2.24, 2.45) is 11.8 Å². The van der Waals surface area contributed by atoms with E-state index < -0.39 is 0 Å². The van der Waals surface area contributed by atoms with Crippen molar-refractivity contribution in [2.75, 3.05) is 6.54 Å². The van der Waals surface area contributed by atoms with E-state index in [1.54, 1.807) is 6.26 Å². The van der Waals surface area contributed by atoms with E-state index in [1.165, 1.54) is 10.9 Å². The highest BCUT2D eigenvalue weighted by molar-refractivity contribution is 5.82. The van der Waals surface area contributed by atoms with Gasteiger partial charge in [0.15, 0.2) is 0 Å². The molecule has 3 heteroatoms. The molecule has 4 rings (SSSR count). The average Bonchev–Trinajstić information content (AvgIpc) is 3.33. The van der Waals surface area contributed by atoms with Gasteiger partial charge in [0.2, 0.25) is 5.91 Å². The molecule has 3 nitrogen and oxygen atoms in total. The Morgan fingerprint density at radius 1 is 1.32 bits per heavy atom. The van der Waals surface area contributed by atoms with Crippen LogP contribution >= 0.6 is 0 Å². The predicted octanol–water partition coefficient (Wildman–Crippen LogP) is 3.06. The Morgan fingerprint density at radius 3 is 3.05 bits per heavy atom. The van der Waals surface area contributed by atoms with Gasteiger partial charge in [0, 0.05) is 17.8 Å². The third kappa shape index (κ3) is 2.03. The molecule has 2 fully saturated rings. The molecule has 1 aromatic carbocycles. The fourth-order valence-electron chi connectivity index (χ4n) is 2.88. The van der Waals surface area contributed by atoms with Crippen LogP contribution in [0, 0.1) is 11.8 Å². The number of amides is 1. The van der Waals surface area contributed by atoms with E-state index in [2.05, 4.69) is 23.5 Å². The molecule has 2 saturated carbocycles. The third-order valence-corrected chi connectivity index (χ3v) is 4.32. The van der Waals surface area contributed by atoms with Crippen molar-refractivity contribution in [3.8, 4) is 0 Å². The number of nitrogens with one attached hydrogen (secondary N) is 1. The molecule has 2 aromatic rings. The SMILES string of the molecule is O=C(NC[C@@H]1C[C@H]1c1cccc2ccoc12)C1CC1. The Hall–Kier alpha value is -1.77. The first-order valence-corrected chi connectivity index (χ1v) is 7.07. The minimum absolute atomic E-state index is 0.252. The zero-order valence-electron chi connectivity index (χ0n) is 10.8. The van der Waals surface area contributed by atoms with Gasteiger partial charge < -0.3 is 9.73 Å². The number of hydrogen-bond donors (Lipinski definition) is 1. The highest BCUT2D eigenvalue weighted by Gasteiger charge is 2.40. The highest BCUT2D eigenvalue weighted by Crippen LogP contribution is 2.49. The molecular formula is C16H17NO2. The number of benzene rings is 1. The monoisotopic (exact) mass is 255 g/mol. The summed E-state index contributed by atoms with van der Waals surface area (Å²) in [5.74, 6) is 1.69. The number of fused-ring (bicyclic) bond motifs is 1. The van der Waals surface area contributed by atoms with E-state index in [4.69, 9.17) is 4.42 Å². The molecule has 1 amide bonds. The van der Waals surface area contributed by atoms with Crippen LogP contribution in [0.4, 0.5) is 0 Å². The fraction of sp³-hybridized carbons (Fsp3) is 0.438. The highest BCUT2D eigenvalue weighted by atomic mass is 16.3. The topological polar surface area (TPSA) is 42.2 Å². The molecule has 1 heterocycles. The average molecular weight is 255 g/mol. The molecule has 0 unspecified atom stereocenters. The van der Waals surface area contributed by atoms with Gasteiger partial charge in [-0.1, -0.05) is 18.2 Å². The number of carbonyl (C=O) groups is 1. The van der Waals surface area contributed by atoms with E-state index in [-0.39, 0.29) is 5.91 Å². The standard InChI is InChI=1S/C16H17NO2/c18-16(11-4-5-11)17-9-12-8-14(12)13-3-1-2-10-6-7-19-15(10)13/h1-3,6-7,11-12,14H,4-5,8-9H2,(H,17,18)/t12-,14+/m0/s1. The first kappa shape index (κ1) is 11.1. The molecule has 1 aromatic heterocycles. The van der Waals surface area contributed by atoms with Crippen molar-refractivity contribution in [1.29, 1.82) is 0 Å². The van der Waals surface area contributed by atoms with E-state index in [0.29, 0.717) is 17.8 Å². The van der Waals surface area contributed by atoms with Crippen molar-refractivity contribution in [3.63, 3.8) is 0 Å². The third-order valence-electron chi connectivity index (χ3n) is 4.32. The predicted molar refractivity (Wildman–Crippen MR) is 72.8 cm³/mol. The van der Waals surface area contributed by atoms with Crippen molar-refractivity contribution >= 4 is 16.9 Å². The Kier molecular flexibility index (Phi) is 2.40. The van der Waals surface area contributed by atoms with Crippen LogP contribution in [0.2, 0.25) is 0 Å². The lowest BCUT2D eigenvalue weighted by Crippen LogP contribution is -2.27. The lowest BCUT2D eigenvalue weighted by molar-refractivity contribution is -0.122. The van der Waals surface area contributed by atoms with E-state index in [9.17, 15) is 4.79 Å². The lowest BCUT2D eigenvalue weighted by atomic mass is 10.1. The number of para-hydroxylation sites is 1. The summed E-state index contributed by atoms with van der Waals surface area (Å²) in [6, 6.07) is 8.32. The first-order chi connectivity index (χ1) is 9.33. The molecule has 1 N–H and O–H groups in total. The molecule has 98 valence electrons. The molecule has 0 saturated heterocycles. The van der Waals surface area contributed by atoms with Crippen LogP contribution in [0.3, 0.4) is 0 Å². The minimum Gasteiger partial charge on any atom is -0.464 e. The van der Waals surface area contributed by atoms with Gasteiger partial charge in [-0.15, -0.1) is 0 Å². The van der Waals surface area contributed by atoms with Gasteiger partial charge in [-0.2, -0.15) is 0 Å². The maximum atomic E-state index is 11.6. The Balaban J connectivity index is 1.44. The van der Waals surface area contributed by atoms with Crippen LogP contribution in [0.5, 0.6) is 0 Å². The van der Waals surface area contributed by atoms with Crippen LogP contribution in [-0.2, 0) is 4.79 Å². The van der Waals surface area contributed by atoms with E-state index >= 15 is 0 Å². The second-order valence-electron chi connectivity index (χ2n) is 5.81. The molecule has 0 bridgehead atoms. The summed E-state index contributed by atoms with van der Waals surface area (Å²) in [6.07, 6.45) is 5.06. The van der Waals surface area contributed by atoms with Crippen molar-refractivity contribution in [2.45, 2.75) is 25.2 Å². The Labute approximate surface area is 112 Å². The number of furan rings is 1. The van der Waals surface area contributed by atoms with Crippen LogP contribution in [-0.4, -0.2) is 12.5 Å². The summed E-state index contributed by atoms with van der Waals surface area (Å²) in [7, 11) is 0. The molecule has 2 aliphatic carbocycles. The van der Waals surface area contributed by atoms with Gasteiger partial charge in [-0.25, -0.2) is 0 Å². The van der Waals surface area contributed by atoms with Crippen LogP contribution in [0.15, 0.2) is 34.9 Å². The summed E-state index contributed by atoms with van der Waals surface area (Å²) in [6.45, 7) is 0.817. The van der Waals surface area contributed by atoms with Crippen molar-refractivity contribution in [3.05, 3.63) is 36.1 Å². The lowest BCUT2D eigenvalue weighted by Gasteiger charge is -2.04. The van der Waals surface area contributed by atoms with Crippen molar-refractivity contribution < 1.29 is 9.21 Å². The second-order valence-corrected chi connectivity index (χ2v) is 5.81. The zero-order chi connectivity index (χ0) is 12.8. The van der Waals surface area contributed by atoms with Crippen LogP contribution in [0.25, 0.3) is 11.0 Å². The quantitative estimate of drug-likeness (QED) is 0.912. The van der Waals surface area contributed by atoms with Gasteiger partial charge in [0.1, 0.15) is 5.58 Å². The fourth-order valence-corrected chi connectivity index (χ4v) is 2.88. The summed E-state index contributed by atoms with van der Waals surface area (Å²) in [5.41, 5.74) is 2.32. The maximum Gasteiger partial charge on any atom is 0.223 e. The molecule has 0 radical (unpaired) electrons. The second kappa shape index (κ2) is 4.12. The van der Waals surface area contributed by atoms with Gasteiger partial charge in [0.25, 0.3) is 0 Å². The van der Waals surface area contributed by atoms with Gasteiger partial charge >= 0.3 is 0 Å². The van der Waals surface area contributed by atoms with Crippen molar-refractivity contribution in [1.82, 2.24) is 5.32 Å². The summed E-state index contributed by atoms with van der Waals surface area (Å²) in [5, 5.41) is 4.25. The largest absolute Gasteiger partial charge is 0.464 e.